The largest absolute Gasteiger partial charge is 0.347 e. The molecule has 7 heteroatoms. The van der Waals surface area contributed by atoms with Gasteiger partial charge in [-0.3, -0.25) is 9.55 Å². The van der Waals surface area contributed by atoms with Crippen molar-refractivity contribution in [1.29, 1.82) is 0 Å². The van der Waals surface area contributed by atoms with Crippen LogP contribution in [-0.4, -0.2) is 19.5 Å². The molecule has 3 N–H and O–H groups in total. The first-order valence-electron chi connectivity index (χ1n) is 4.99. The zero-order valence-corrected chi connectivity index (χ0v) is 9.29. The van der Waals surface area contributed by atoms with E-state index in [2.05, 4.69) is 20.4 Å². The number of nitrogens with zero attached hydrogens (tertiary/aromatic N) is 4. The molecule has 0 radical (unpaired) electrons. The summed E-state index contributed by atoms with van der Waals surface area (Å²) < 4.78 is 1.48. The van der Waals surface area contributed by atoms with Crippen LogP contribution in [0.4, 0.5) is 5.82 Å². The quantitative estimate of drug-likeness (QED) is 0.555. The summed E-state index contributed by atoms with van der Waals surface area (Å²) >= 11 is 0. The predicted octanol–water partition coefficient (Wildman–Crippen LogP) is -0.324. The van der Waals surface area contributed by atoms with Crippen molar-refractivity contribution < 1.29 is 0 Å². The molecule has 0 unspecified atom stereocenters. The van der Waals surface area contributed by atoms with E-state index in [1.807, 2.05) is 6.92 Å². The number of aryl methyl sites for hydroxylation is 1. The van der Waals surface area contributed by atoms with Gasteiger partial charge >= 0.3 is 5.69 Å². The van der Waals surface area contributed by atoms with Gasteiger partial charge in [0.15, 0.2) is 5.82 Å². The van der Waals surface area contributed by atoms with Gasteiger partial charge in [-0.05, 0) is 12.5 Å². The van der Waals surface area contributed by atoms with Gasteiger partial charge < -0.3 is 5.43 Å². The number of nitrogens with two attached hydrogens (primary N) is 1. The highest BCUT2D eigenvalue weighted by molar-refractivity contribution is 5.28. The van der Waals surface area contributed by atoms with E-state index in [9.17, 15) is 4.79 Å². The van der Waals surface area contributed by atoms with Crippen LogP contribution < -0.4 is 17.0 Å². The summed E-state index contributed by atoms with van der Waals surface area (Å²) in [7, 11) is 0. The lowest BCUT2D eigenvalue weighted by Gasteiger charge is -2.05. The molecular formula is C10H12N6O. The SMILES string of the molecule is Cc1cnc(=O)n(Cc2cnc(NN)cn2)c1. The van der Waals surface area contributed by atoms with Gasteiger partial charge in [0.1, 0.15) is 0 Å². The summed E-state index contributed by atoms with van der Waals surface area (Å²) in [4.78, 5) is 23.3. The van der Waals surface area contributed by atoms with E-state index in [-0.39, 0.29) is 5.69 Å². The fourth-order valence-corrected chi connectivity index (χ4v) is 1.36. The smallest absolute Gasteiger partial charge is 0.307 e. The molecule has 2 heterocycles. The topological polar surface area (TPSA) is 98.7 Å². The first-order chi connectivity index (χ1) is 8.19. The Balaban J connectivity index is 2.25. The third kappa shape index (κ3) is 2.64. The molecule has 0 atom stereocenters. The highest BCUT2D eigenvalue weighted by atomic mass is 16.1. The first kappa shape index (κ1) is 11.2. The van der Waals surface area contributed by atoms with Crippen molar-refractivity contribution >= 4 is 5.82 Å². The van der Waals surface area contributed by atoms with E-state index < -0.39 is 0 Å². The van der Waals surface area contributed by atoms with Gasteiger partial charge in [-0.25, -0.2) is 20.6 Å². The van der Waals surface area contributed by atoms with Gasteiger partial charge in [0.2, 0.25) is 0 Å². The van der Waals surface area contributed by atoms with Crippen LogP contribution in [0, 0.1) is 6.92 Å². The second kappa shape index (κ2) is 4.71. The van der Waals surface area contributed by atoms with Crippen molar-refractivity contribution in [2.75, 3.05) is 5.43 Å². The lowest BCUT2D eigenvalue weighted by Crippen LogP contribution is -2.23. The van der Waals surface area contributed by atoms with E-state index in [1.54, 1.807) is 12.4 Å². The Morgan fingerprint density at radius 1 is 1.29 bits per heavy atom. The number of rotatable bonds is 3. The van der Waals surface area contributed by atoms with E-state index in [0.29, 0.717) is 18.1 Å². The average Bonchev–Trinajstić information content (AvgIpc) is 2.35. The standard InChI is InChI=1S/C10H12N6O/c1-7-2-14-10(17)16(5-7)6-8-3-13-9(15-11)4-12-8/h2-5H,6,11H2,1H3,(H,13,15). The van der Waals surface area contributed by atoms with Gasteiger partial charge in [0, 0.05) is 12.4 Å². The molecule has 0 aliphatic carbocycles. The molecule has 88 valence electrons. The first-order valence-corrected chi connectivity index (χ1v) is 4.99. The van der Waals surface area contributed by atoms with Gasteiger partial charge in [0.25, 0.3) is 0 Å². The lowest BCUT2D eigenvalue weighted by atomic mass is 10.4. The molecule has 0 saturated heterocycles. The summed E-state index contributed by atoms with van der Waals surface area (Å²) in [5, 5.41) is 0. The number of aromatic nitrogens is 4. The summed E-state index contributed by atoms with van der Waals surface area (Å²) in [6.45, 7) is 2.21. The van der Waals surface area contributed by atoms with E-state index in [1.165, 1.54) is 17.0 Å². The van der Waals surface area contributed by atoms with Crippen molar-refractivity contribution in [3.63, 3.8) is 0 Å². The molecule has 2 aromatic heterocycles. The summed E-state index contributed by atoms with van der Waals surface area (Å²) in [5.41, 5.74) is 3.66. The van der Waals surface area contributed by atoms with Gasteiger partial charge in [-0.1, -0.05) is 0 Å². The fourth-order valence-electron chi connectivity index (χ4n) is 1.36. The second-order valence-electron chi connectivity index (χ2n) is 3.58. The number of nitrogen functional groups attached to an aromatic ring is 1. The molecule has 2 rings (SSSR count). The Morgan fingerprint density at radius 2 is 2.12 bits per heavy atom. The minimum Gasteiger partial charge on any atom is -0.307 e. The highest BCUT2D eigenvalue weighted by Gasteiger charge is 2.01. The van der Waals surface area contributed by atoms with Crippen LogP contribution in [0.5, 0.6) is 0 Å². The van der Waals surface area contributed by atoms with E-state index in [0.717, 1.165) is 5.56 Å². The maximum absolute atomic E-state index is 11.5. The van der Waals surface area contributed by atoms with Crippen LogP contribution in [0.25, 0.3) is 0 Å². The summed E-state index contributed by atoms with van der Waals surface area (Å²) in [5.74, 6) is 5.65. The fraction of sp³-hybridized carbons (Fsp3) is 0.200. The van der Waals surface area contributed by atoms with Crippen molar-refractivity contribution in [3.8, 4) is 0 Å². The van der Waals surface area contributed by atoms with Crippen molar-refractivity contribution in [2.45, 2.75) is 13.5 Å². The number of hydrogen-bond donors (Lipinski definition) is 2. The molecular weight excluding hydrogens is 220 g/mol. The van der Waals surface area contributed by atoms with Crippen LogP contribution in [0.15, 0.2) is 29.6 Å². The van der Waals surface area contributed by atoms with Crippen LogP contribution in [0.3, 0.4) is 0 Å². The van der Waals surface area contributed by atoms with E-state index in [4.69, 9.17) is 5.84 Å². The molecule has 0 amide bonds. The lowest BCUT2D eigenvalue weighted by molar-refractivity contribution is 0.702. The Kier molecular flexibility index (Phi) is 3.10. The Hall–Kier alpha value is -2.28. The maximum atomic E-state index is 11.5. The number of nitrogens with one attached hydrogen (secondary N) is 1. The molecule has 17 heavy (non-hydrogen) atoms. The number of hydrogen-bond acceptors (Lipinski definition) is 6. The Morgan fingerprint density at radius 3 is 2.76 bits per heavy atom. The molecule has 7 nitrogen and oxygen atoms in total. The molecule has 0 saturated carbocycles. The molecule has 0 aliphatic heterocycles. The van der Waals surface area contributed by atoms with E-state index >= 15 is 0 Å². The van der Waals surface area contributed by atoms with Crippen molar-refractivity contribution in [3.05, 3.63) is 46.5 Å². The summed E-state index contributed by atoms with van der Waals surface area (Å²) in [6.07, 6.45) is 6.33. The molecule has 0 bridgehead atoms. The summed E-state index contributed by atoms with van der Waals surface area (Å²) in [6, 6.07) is 0. The third-order valence-corrected chi connectivity index (χ3v) is 2.17. The molecule has 0 fully saturated rings. The zero-order valence-electron chi connectivity index (χ0n) is 9.29. The van der Waals surface area contributed by atoms with Crippen LogP contribution >= 0.6 is 0 Å². The number of anilines is 1. The molecule has 0 aliphatic rings. The molecule has 2 aromatic rings. The average molecular weight is 232 g/mol. The predicted molar refractivity (Wildman–Crippen MR) is 62.2 cm³/mol. The Labute approximate surface area is 97.3 Å². The van der Waals surface area contributed by atoms with Crippen LogP contribution in [-0.2, 0) is 6.54 Å². The monoisotopic (exact) mass is 232 g/mol. The number of hydrazine groups is 1. The Bertz CT molecular complexity index is 562. The normalized spacial score (nSPS) is 10.2. The van der Waals surface area contributed by atoms with Crippen molar-refractivity contribution in [1.82, 2.24) is 19.5 Å². The highest BCUT2D eigenvalue weighted by Crippen LogP contribution is 2.00. The molecule has 0 spiro atoms. The maximum Gasteiger partial charge on any atom is 0.347 e. The van der Waals surface area contributed by atoms with Crippen LogP contribution in [0.1, 0.15) is 11.3 Å². The van der Waals surface area contributed by atoms with Crippen LogP contribution in [0.2, 0.25) is 0 Å². The second-order valence-corrected chi connectivity index (χ2v) is 3.58. The van der Waals surface area contributed by atoms with Gasteiger partial charge in [-0.2, -0.15) is 0 Å². The van der Waals surface area contributed by atoms with Gasteiger partial charge in [-0.15, -0.1) is 0 Å². The van der Waals surface area contributed by atoms with Crippen molar-refractivity contribution in [2.24, 2.45) is 5.84 Å². The molecule has 0 aromatic carbocycles. The minimum atomic E-state index is -0.307. The third-order valence-electron chi connectivity index (χ3n) is 2.17. The van der Waals surface area contributed by atoms with Gasteiger partial charge in [0.05, 0.1) is 24.6 Å². The minimum absolute atomic E-state index is 0.307. The zero-order chi connectivity index (χ0) is 12.3.